The van der Waals surface area contributed by atoms with Crippen LogP contribution in [0, 0.1) is 6.92 Å². The van der Waals surface area contributed by atoms with Crippen LogP contribution in [0.25, 0.3) is 0 Å². The van der Waals surface area contributed by atoms with Gasteiger partial charge in [-0.05, 0) is 49.6 Å². The molecule has 0 aliphatic heterocycles. The van der Waals surface area contributed by atoms with Crippen LogP contribution < -0.4 is 5.32 Å². The number of hydrogen-bond donors (Lipinski definition) is 1. The molecule has 0 saturated carbocycles. The van der Waals surface area contributed by atoms with Crippen LogP contribution in [0.5, 0.6) is 0 Å². The van der Waals surface area contributed by atoms with Crippen molar-refractivity contribution in [3.8, 4) is 0 Å². The Hall–Kier alpha value is -1.87. The van der Waals surface area contributed by atoms with E-state index in [1.807, 2.05) is 19.1 Å². The van der Waals surface area contributed by atoms with Crippen LogP contribution in [-0.4, -0.2) is 10.9 Å². The quantitative estimate of drug-likeness (QED) is 0.818. The van der Waals surface area contributed by atoms with E-state index in [2.05, 4.69) is 29.4 Å². The molecule has 4 heteroatoms. The molecule has 0 aliphatic rings. The maximum absolute atomic E-state index is 12.2. The average molecular weight is 303 g/mol. The highest BCUT2D eigenvalue weighted by Gasteiger charge is 2.08. The highest BCUT2D eigenvalue weighted by atomic mass is 35.5. The second kappa shape index (κ2) is 7.23. The molecule has 0 saturated heterocycles. The van der Waals surface area contributed by atoms with Gasteiger partial charge in [0, 0.05) is 16.9 Å². The van der Waals surface area contributed by atoms with Gasteiger partial charge in [0.25, 0.3) is 5.91 Å². The van der Waals surface area contributed by atoms with Crippen molar-refractivity contribution in [1.82, 2.24) is 4.98 Å². The molecule has 2 aromatic rings. The number of nitrogens with zero attached hydrogens (tertiary/aromatic N) is 1. The van der Waals surface area contributed by atoms with Gasteiger partial charge >= 0.3 is 0 Å². The Morgan fingerprint density at radius 3 is 2.57 bits per heavy atom. The number of hydrogen-bond acceptors (Lipinski definition) is 2. The van der Waals surface area contributed by atoms with E-state index in [0.717, 1.165) is 17.8 Å². The van der Waals surface area contributed by atoms with Gasteiger partial charge < -0.3 is 5.32 Å². The molecule has 0 fully saturated rings. The van der Waals surface area contributed by atoms with Crippen LogP contribution >= 0.6 is 11.6 Å². The Kier molecular flexibility index (Phi) is 5.34. The number of carbonyl (C=O) groups excluding carboxylic acids is 1. The van der Waals surface area contributed by atoms with Crippen molar-refractivity contribution >= 4 is 23.2 Å². The lowest BCUT2D eigenvalue weighted by atomic mass is 10.1. The number of halogens is 1. The molecule has 2 rings (SSSR count). The summed E-state index contributed by atoms with van der Waals surface area (Å²) in [6, 6.07) is 11.2. The van der Waals surface area contributed by atoms with Gasteiger partial charge in [0.15, 0.2) is 0 Å². The Labute approximate surface area is 130 Å². The number of nitrogens with one attached hydrogen (secondary N) is 1. The van der Waals surface area contributed by atoms with Gasteiger partial charge in [-0.15, -0.1) is 0 Å². The van der Waals surface area contributed by atoms with Crippen LogP contribution in [0.1, 0.15) is 41.4 Å². The fourth-order valence-corrected chi connectivity index (χ4v) is 2.35. The predicted molar refractivity (Wildman–Crippen MR) is 87.0 cm³/mol. The van der Waals surface area contributed by atoms with Crippen molar-refractivity contribution in [3.63, 3.8) is 0 Å². The number of anilines is 1. The molecular formula is C17H19ClN2O. The van der Waals surface area contributed by atoms with Crippen molar-refractivity contribution in [2.24, 2.45) is 0 Å². The highest BCUT2D eigenvalue weighted by Crippen LogP contribution is 2.15. The van der Waals surface area contributed by atoms with Crippen LogP contribution in [0.15, 0.2) is 36.4 Å². The average Bonchev–Trinajstić information content (AvgIpc) is 2.45. The molecule has 110 valence electrons. The zero-order valence-corrected chi connectivity index (χ0v) is 13.1. The van der Waals surface area contributed by atoms with Crippen molar-refractivity contribution in [2.45, 2.75) is 33.1 Å². The van der Waals surface area contributed by atoms with Crippen molar-refractivity contribution in [3.05, 3.63) is 58.4 Å². The molecule has 3 nitrogen and oxygen atoms in total. The number of amides is 1. The van der Waals surface area contributed by atoms with E-state index in [-0.39, 0.29) is 5.91 Å². The Bertz CT molecular complexity index is 603. The minimum absolute atomic E-state index is 0.177. The van der Waals surface area contributed by atoms with E-state index >= 15 is 0 Å². The van der Waals surface area contributed by atoms with E-state index < -0.39 is 0 Å². The monoisotopic (exact) mass is 302 g/mol. The number of carbonyl (C=O) groups is 1. The molecule has 0 radical (unpaired) electrons. The van der Waals surface area contributed by atoms with Gasteiger partial charge in [0.2, 0.25) is 0 Å². The van der Waals surface area contributed by atoms with E-state index in [1.54, 1.807) is 12.1 Å². The second-order valence-corrected chi connectivity index (χ2v) is 5.46. The smallest absolute Gasteiger partial charge is 0.255 e. The number of aromatic nitrogens is 1. The van der Waals surface area contributed by atoms with Gasteiger partial charge in [-0.25, -0.2) is 4.98 Å². The minimum atomic E-state index is -0.177. The minimum Gasteiger partial charge on any atom is -0.322 e. The van der Waals surface area contributed by atoms with Crippen LogP contribution in [0.2, 0.25) is 5.15 Å². The van der Waals surface area contributed by atoms with E-state index in [1.165, 1.54) is 18.4 Å². The lowest BCUT2D eigenvalue weighted by Gasteiger charge is -2.07. The molecular weight excluding hydrogens is 284 g/mol. The lowest BCUT2D eigenvalue weighted by molar-refractivity contribution is 0.102. The maximum atomic E-state index is 12.2. The number of aryl methyl sites for hydroxylation is 2. The molecule has 0 atom stereocenters. The summed E-state index contributed by atoms with van der Waals surface area (Å²) in [6.07, 6.45) is 3.44. The molecule has 1 aromatic carbocycles. The van der Waals surface area contributed by atoms with Crippen LogP contribution in [0.4, 0.5) is 5.69 Å². The molecule has 1 N–H and O–H groups in total. The molecule has 0 bridgehead atoms. The lowest BCUT2D eigenvalue weighted by Crippen LogP contribution is -2.12. The second-order valence-electron chi connectivity index (χ2n) is 5.07. The first-order chi connectivity index (χ1) is 10.1. The fraction of sp³-hybridized carbons (Fsp3) is 0.294. The molecule has 0 aliphatic carbocycles. The fourth-order valence-electron chi connectivity index (χ4n) is 2.10. The van der Waals surface area contributed by atoms with E-state index in [0.29, 0.717) is 10.7 Å². The summed E-state index contributed by atoms with van der Waals surface area (Å²) in [5.41, 5.74) is 3.31. The number of unbranched alkanes of at least 4 members (excludes halogenated alkanes) is 1. The van der Waals surface area contributed by atoms with E-state index in [9.17, 15) is 4.79 Å². The summed E-state index contributed by atoms with van der Waals surface area (Å²) in [5, 5.41) is 3.20. The summed E-state index contributed by atoms with van der Waals surface area (Å²) >= 11 is 5.88. The predicted octanol–water partition coefficient (Wildman–Crippen LogP) is 4.64. The van der Waals surface area contributed by atoms with Crippen molar-refractivity contribution < 1.29 is 4.79 Å². The van der Waals surface area contributed by atoms with Crippen molar-refractivity contribution in [2.75, 3.05) is 5.32 Å². The first-order valence-corrected chi connectivity index (χ1v) is 7.51. The maximum Gasteiger partial charge on any atom is 0.255 e. The summed E-state index contributed by atoms with van der Waals surface area (Å²) < 4.78 is 0. The van der Waals surface area contributed by atoms with Gasteiger partial charge in [-0.3, -0.25) is 4.79 Å². The Morgan fingerprint density at radius 2 is 1.95 bits per heavy atom. The summed E-state index contributed by atoms with van der Waals surface area (Å²) in [7, 11) is 0. The Balaban J connectivity index is 2.05. The Morgan fingerprint density at radius 1 is 1.24 bits per heavy atom. The molecule has 1 heterocycles. The normalized spacial score (nSPS) is 10.4. The zero-order chi connectivity index (χ0) is 15.2. The van der Waals surface area contributed by atoms with Gasteiger partial charge in [0.1, 0.15) is 5.15 Å². The highest BCUT2D eigenvalue weighted by molar-refractivity contribution is 6.29. The first-order valence-electron chi connectivity index (χ1n) is 7.13. The van der Waals surface area contributed by atoms with Gasteiger partial charge in [0.05, 0.1) is 0 Å². The van der Waals surface area contributed by atoms with E-state index in [4.69, 9.17) is 11.6 Å². The molecule has 1 aromatic heterocycles. The zero-order valence-electron chi connectivity index (χ0n) is 12.3. The number of rotatable bonds is 5. The van der Waals surface area contributed by atoms with Crippen LogP contribution in [0.3, 0.4) is 0 Å². The molecule has 21 heavy (non-hydrogen) atoms. The summed E-state index contributed by atoms with van der Waals surface area (Å²) in [6.45, 7) is 3.99. The molecule has 1 amide bonds. The third kappa shape index (κ3) is 4.57. The first kappa shape index (κ1) is 15.5. The van der Waals surface area contributed by atoms with Crippen molar-refractivity contribution in [1.29, 1.82) is 0 Å². The van der Waals surface area contributed by atoms with Gasteiger partial charge in [-0.1, -0.05) is 37.1 Å². The summed E-state index contributed by atoms with van der Waals surface area (Å²) in [4.78, 5) is 16.2. The molecule has 0 unspecified atom stereocenters. The third-order valence-corrected chi connectivity index (χ3v) is 3.41. The molecule has 0 spiro atoms. The topological polar surface area (TPSA) is 42.0 Å². The third-order valence-electron chi connectivity index (χ3n) is 3.22. The van der Waals surface area contributed by atoms with Gasteiger partial charge in [-0.2, -0.15) is 0 Å². The number of benzene rings is 1. The largest absolute Gasteiger partial charge is 0.322 e. The summed E-state index contributed by atoms with van der Waals surface area (Å²) in [5.74, 6) is -0.177. The number of pyridine rings is 1. The SMILES string of the molecule is CCCCc1ccc(NC(=O)c2cc(C)nc(Cl)c2)cc1. The standard InChI is InChI=1S/C17H19ClN2O/c1-3-4-5-13-6-8-15(9-7-13)20-17(21)14-10-12(2)19-16(18)11-14/h6-11H,3-5H2,1-2H3,(H,20,21). The van der Waals surface area contributed by atoms with Crippen LogP contribution in [-0.2, 0) is 6.42 Å².